The Morgan fingerprint density at radius 2 is 2.00 bits per heavy atom. The van der Waals surface area contributed by atoms with Crippen LogP contribution in [0.4, 0.5) is 10.2 Å². The number of nitrogens with zero attached hydrogens (tertiary/aromatic N) is 2. The van der Waals surface area contributed by atoms with Gasteiger partial charge in [0, 0.05) is 19.6 Å². The van der Waals surface area contributed by atoms with Crippen LogP contribution in [0, 0.1) is 5.82 Å². The van der Waals surface area contributed by atoms with Crippen LogP contribution in [-0.2, 0) is 17.8 Å². The van der Waals surface area contributed by atoms with E-state index in [4.69, 9.17) is 10.6 Å². The summed E-state index contributed by atoms with van der Waals surface area (Å²) >= 11 is 0. The Morgan fingerprint density at radius 3 is 2.63 bits per heavy atom. The standard InChI is InChI=1S/C13H15FN4O/c1-19-8-11-7-13(18-15)17-12(16-11)6-9-2-4-10(14)5-3-9/h2-5,7H,6,8,15H2,1H3,(H,16,17,18). The molecule has 3 N–H and O–H groups in total. The predicted molar refractivity (Wildman–Crippen MR) is 69.8 cm³/mol. The molecule has 0 unspecified atom stereocenters. The van der Waals surface area contributed by atoms with Gasteiger partial charge in [0.25, 0.3) is 0 Å². The molecular formula is C13H15FN4O. The quantitative estimate of drug-likeness (QED) is 0.633. The second kappa shape index (κ2) is 6.21. The smallest absolute Gasteiger partial charge is 0.144 e. The van der Waals surface area contributed by atoms with Gasteiger partial charge in [-0.15, -0.1) is 0 Å². The number of rotatable bonds is 5. The minimum Gasteiger partial charge on any atom is -0.378 e. The molecule has 6 heteroatoms. The SMILES string of the molecule is COCc1cc(NN)nc(Cc2ccc(F)cc2)n1. The summed E-state index contributed by atoms with van der Waals surface area (Å²) in [7, 11) is 1.59. The number of aromatic nitrogens is 2. The van der Waals surface area contributed by atoms with Crippen molar-refractivity contribution in [3.63, 3.8) is 0 Å². The summed E-state index contributed by atoms with van der Waals surface area (Å²) in [5.41, 5.74) is 4.16. The van der Waals surface area contributed by atoms with Crippen molar-refractivity contribution in [2.45, 2.75) is 13.0 Å². The molecule has 0 spiro atoms. The number of methoxy groups -OCH3 is 1. The van der Waals surface area contributed by atoms with Crippen molar-refractivity contribution in [3.05, 3.63) is 53.2 Å². The van der Waals surface area contributed by atoms with E-state index in [0.29, 0.717) is 24.7 Å². The molecule has 5 nitrogen and oxygen atoms in total. The van der Waals surface area contributed by atoms with Gasteiger partial charge in [-0.05, 0) is 17.7 Å². The van der Waals surface area contributed by atoms with Gasteiger partial charge < -0.3 is 10.2 Å². The number of benzene rings is 1. The molecule has 0 amide bonds. The molecule has 0 saturated heterocycles. The lowest BCUT2D eigenvalue weighted by molar-refractivity contribution is 0.181. The predicted octanol–water partition coefficient (Wildman–Crippen LogP) is 1.64. The van der Waals surface area contributed by atoms with E-state index >= 15 is 0 Å². The minimum atomic E-state index is -0.262. The van der Waals surface area contributed by atoms with Gasteiger partial charge in [-0.3, -0.25) is 0 Å². The van der Waals surface area contributed by atoms with Crippen molar-refractivity contribution in [1.82, 2.24) is 9.97 Å². The van der Waals surface area contributed by atoms with E-state index in [-0.39, 0.29) is 5.82 Å². The first-order valence-electron chi connectivity index (χ1n) is 5.78. The largest absolute Gasteiger partial charge is 0.378 e. The van der Waals surface area contributed by atoms with Crippen LogP contribution >= 0.6 is 0 Å². The summed E-state index contributed by atoms with van der Waals surface area (Å²) in [5, 5.41) is 0. The lowest BCUT2D eigenvalue weighted by Crippen LogP contribution is -2.12. The third-order valence-electron chi connectivity index (χ3n) is 2.54. The van der Waals surface area contributed by atoms with Crippen LogP contribution in [0.25, 0.3) is 0 Å². The maximum absolute atomic E-state index is 12.8. The number of hydrazine groups is 1. The van der Waals surface area contributed by atoms with Crippen LogP contribution in [-0.4, -0.2) is 17.1 Å². The van der Waals surface area contributed by atoms with Crippen molar-refractivity contribution in [1.29, 1.82) is 0 Å². The Bertz CT molecular complexity index is 545. The average molecular weight is 262 g/mol. The van der Waals surface area contributed by atoms with Gasteiger partial charge in [0.05, 0.1) is 12.3 Å². The third kappa shape index (κ3) is 3.70. The zero-order valence-electron chi connectivity index (χ0n) is 10.6. The van der Waals surface area contributed by atoms with Crippen molar-refractivity contribution in [3.8, 4) is 0 Å². The van der Waals surface area contributed by atoms with Gasteiger partial charge in [0.1, 0.15) is 17.5 Å². The molecule has 1 heterocycles. The molecule has 2 rings (SSSR count). The first-order valence-corrected chi connectivity index (χ1v) is 5.78. The summed E-state index contributed by atoms with van der Waals surface area (Å²) in [5.74, 6) is 6.24. The molecule has 100 valence electrons. The zero-order valence-corrected chi connectivity index (χ0v) is 10.6. The van der Waals surface area contributed by atoms with Crippen molar-refractivity contribution >= 4 is 5.82 Å². The van der Waals surface area contributed by atoms with Gasteiger partial charge >= 0.3 is 0 Å². The normalized spacial score (nSPS) is 10.5. The number of nitrogen functional groups attached to an aromatic ring is 1. The summed E-state index contributed by atoms with van der Waals surface area (Å²) in [6.07, 6.45) is 0.506. The molecule has 0 bridgehead atoms. The molecule has 0 aliphatic carbocycles. The van der Waals surface area contributed by atoms with E-state index in [2.05, 4.69) is 15.4 Å². The molecule has 1 aromatic heterocycles. The highest BCUT2D eigenvalue weighted by molar-refractivity contribution is 5.35. The number of nitrogens with one attached hydrogen (secondary N) is 1. The third-order valence-corrected chi connectivity index (χ3v) is 2.54. The second-order valence-electron chi connectivity index (χ2n) is 4.04. The Labute approximate surface area is 110 Å². The number of ether oxygens (including phenoxy) is 1. The summed E-state index contributed by atoms with van der Waals surface area (Å²) in [6.45, 7) is 0.383. The number of hydrogen-bond donors (Lipinski definition) is 2. The van der Waals surface area contributed by atoms with E-state index in [1.807, 2.05) is 0 Å². The Kier molecular flexibility index (Phi) is 4.38. The molecule has 19 heavy (non-hydrogen) atoms. The Balaban J connectivity index is 2.23. The van der Waals surface area contributed by atoms with Crippen LogP contribution in [0.3, 0.4) is 0 Å². The van der Waals surface area contributed by atoms with E-state index in [9.17, 15) is 4.39 Å². The molecule has 0 saturated carbocycles. The molecule has 0 atom stereocenters. The lowest BCUT2D eigenvalue weighted by Gasteiger charge is -2.07. The Hall–Kier alpha value is -2.05. The fourth-order valence-corrected chi connectivity index (χ4v) is 1.71. The highest BCUT2D eigenvalue weighted by Crippen LogP contribution is 2.11. The maximum Gasteiger partial charge on any atom is 0.144 e. The topological polar surface area (TPSA) is 73.1 Å². The molecular weight excluding hydrogens is 247 g/mol. The van der Waals surface area contributed by atoms with Crippen molar-refractivity contribution in [2.24, 2.45) is 5.84 Å². The van der Waals surface area contributed by atoms with Crippen molar-refractivity contribution in [2.75, 3.05) is 12.5 Å². The summed E-state index contributed by atoms with van der Waals surface area (Å²) in [4.78, 5) is 8.62. The van der Waals surface area contributed by atoms with Gasteiger partial charge in [-0.1, -0.05) is 12.1 Å². The molecule has 0 aliphatic rings. The number of nitrogens with two attached hydrogens (primary N) is 1. The molecule has 0 fully saturated rings. The highest BCUT2D eigenvalue weighted by Gasteiger charge is 2.05. The van der Waals surface area contributed by atoms with E-state index < -0.39 is 0 Å². The number of halogens is 1. The fraction of sp³-hybridized carbons (Fsp3) is 0.231. The fourth-order valence-electron chi connectivity index (χ4n) is 1.71. The lowest BCUT2D eigenvalue weighted by atomic mass is 10.1. The van der Waals surface area contributed by atoms with E-state index in [1.54, 1.807) is 25.3 Å². The maximum atomic E-state index is 12.8. The number of anilines is 1. The number of hydrogen-bond acceptors (Lipinski definition) is 5. The first-order chi connectivity index (χ1) is 9.21. The second-order valence-corrected chi connectivity index (χ2v) is 4.04. The van der Waals surface area contributed by atoms with E-state index in [1.165, 1.54) is 12.1 Å². The van der Waals surface area contributed by atoms with Gasteiger partial charge in [-0.25, -0.2) is 20.2 Å². The van der Waals surface area contributed by atoms with E-state index in [0.717, 1.165) is 11.3 Å². The van der Waals surface area contributed by atoms with Gasteiger partial charge in [-0.2, -0.15) is 0 Å². The van der Waals surface area contributed by atoms with Crippen LogP contribution in [0.2, 0.25) is 0 Å². The average Bonchev–Trinajstić information content (AvgIpc) is 2.41. The monoisotopic (exact) mass is 262 g/mol. The zero-order chi connectivity index (χ0) is 13.7. The molecule has 2 aromatic rings. The summed E-state index contributed by atoms with van der Waals surface area (Å²) in [6, 6.07) is 7.96. The minimum absolute atomic E-state index is 0.262. The molecule has 1 aromatic carbocycles. The highest BCUT2D eigenvalue weighted by atomic mass is 19.1. The van der Waals surface area contributed by atoms with Crippen LogP contribution < -0.4 is 11.3 Å². The summed E-state index contributed by atoms with van der Waals surface area (Å²) < 4.78 is 17.9. The first kappa shape index (κ1) is 13.4. The van der Waals surface area contributed by atoms with Crippen LogP contribution in [0.5, 0.6) is 0 Å². The molecule has 0 aliphatic heterocycles. The Morgan fingerprint density at radius 1 is 1.26 bits per heavy atom. The van der Waals surface area contributed by atoms with Gasteiger partial charge in [0.15, 0.2) is 0 Å². The van der Waals surface area contributed by atoms with Crippen molar-refractivity contribution < 1.29 is 9.13 Å². The van der Waals surface area contributed by atoms with Gasteiger partial charge in [0.2, 0.25) is 0 Å². The van der Waals surface area contributed by atoms with Crippen LogP contribution in [0.15, 0.2) is 30.3 Å². The van der Waals surface area contributed by atoms with Crippen LogP contribution in [0.1, 0.15) is 17.1 Å². The molecule has 0 radical (unpaired) electrons.